The van der Waals surface area contributed by atoms with E-state index in [-0.39, 0.29) is 10.8 Å². The monoisotopic (exact) mass is 406 g/mol. The number of anilines is 1. The Bertz CT molecular complexity index is 1140. The lowest BCUT2D eigenvalue weighted by atomic mass is 9.98. The highest BCUT2D eigenvalue weighted by Crippen LogP contribution is 2.25. The van der Waals surface area contributed by atoms with E-state index in [9.17, 15) is 13.2 Å². The first-order valence-electron chi connectivity index (χ1n) is 9.48. The average molecular weight is 407 g/mol. The number of hydrogen-bond donors (Lipinski definition) is 1. The number of sulfonamides is 1. The molecule has 1 aliphatic heterocycles. The van der Waals surface area contributed by atoms with Crippen LogP contribution >= 0.6 is 0 Å². The molecular weight excluding hydrogens is 384 g/mol. The second kappa shape index (κ2) is 7.72. The molecule has 29 heavy (non-hydrogen) atoms. The third kappa shape index (κ3) is 4.17. The van der Waals surface area contributed by atoms with Gasteiger partial charge in [0.15, 0.2) is 0 Å². The number of aryl methyl sites for hydroxylation is 1. The summed E-state index contributed by atoms with van der Waals surface area (Å²) in [5, 5.41) is 0. The van der Waals surface area contributed by atoms with Gasteiger partial charge in [-0.05, 0) is 60.9 Å². The van der Waals surface area contributed by atoms with E-state index in [1.807, 2.05) is 49.4 Å². The number of carbonyl (C=O) groups is 1. The molecule has 5 nitrogen and oxygen atoms in total. The molecule has 4 rings (SSSR count). The van der Waals surface area contributed by atoms with Crippen LogP contribution in [0.25, 0.3) is 0 Å². The van der Waals surface area contributed by atoms with Gasteiger partial charge in [-0.2, -0.15) is 0 Å². The molecule has 1 N–H and O–H groups in total. The van der Waals surface area contributed by atoms with E-state index >= 15 is 0 Å². The van der Waals surface area contributed by atoms with Crippen molar-refractivity contribution in [2.75, 3.05) is 11.3 Å². The first-order valence-corrected chi connectivity index (χ1v) is 11.0. The Morgan fingerprint density at radius 2 is 1.66 bits per heavy atom. The van der Waals surface area contributed by atoms with E-state index in [1.165, 1.54) is 0 Å². The van der Waals surface area contributed by atoms with Gasteiger partial charge in [0.25, 0.3) is 15.9 Å². The average Bonchev–Trinajstić information content (AvgIpc) is 2.73. The van der Waals surface area contributed by atoms with Gasteiger partial charge in [-0.25, -0.2) is 8.42 Å². The van der Waals surface area contributed by atoms with Crippen molar-refractivity contribution >= 4 is 21.6 Å². The summed E-state index contributed by atoms with van der Waals surface area (Å²) in [4.78, 5) is 14.8. The fourth-order valence-electron chi connectivity index (χ4n) is 3.49. The maximum Gasteiger partial charge on any atom is 0.261 e. The maximum absolute atomic E-state index is 12.8. The summed E-state index contributed by atoms with van der Waals surface area (Å²) in [7, 11) is -3.66. The van der Waals surface area contributed by atoms with Crippen LogP contribution < -0.4 is 4.72 Å². The lowest BCUT2D eigenvalue weighted by molar-refractivity contribution is 0.0734. The van der Waals surface area contributed by atoms with Crippen molar-refractivity contribution in [3.8, 4) is 0 Å². The predicted molar refractivity (Wildman–Crippen MR) is 113 cm³/mol. The van der Waals surface area contributed by atoms with Crippen molar-refractivity contribution < 1.29 is 13.2 Å². The zero-order chi connectivity index (χ0) is 20.4. The zero-order valence-electron chi connectivity index (χ0n) is 16.1. The molecule has 3 aromatic rings. The number of carbonyl (C=O) groups excluding carboxylic acids is 1. The van der Waals surface area contributed by atoms with Gasteiger partial charge < -0.3 is 4.90 Å². The molecule has 0 radical (unpaired) electrons. The molecule has 3 aromatic carbocycles. The summed E-state index contributed by atoms with van der Waals surface area (Å²) < 4.78 is 28.0. The molecule has 0 atom stereocenters. The van der Waals surface area contributed by atoms with Gasteiger partial charge in [-0.1, -0.05) is 42.0 Å². The highest BCUT2D eigenvalue weighted by molar-refractivity contribution is 7.92. The van der Waals surface area contributed by atoms with Crippen LogP contribution in [-0.4, -0.2) is 25.8 Å². The van der Waals surface area contributed by atoms with Crippen molar-refractivity contribution in [2.45, 2.75) is 24.8 Å². The molecular formula is C23H22N2O3S. The van der Waals surface area contributed by atoms with Crippen LogP contribution in [0.4, 0.5) is 5.69 Å². The largest absolute Gasteiger partial charge is 0.334 e. The van der Waals surface area contributed by atoms with E-state index in [0.717, 1.165) is 23.1 Å². The second-order valence-electron chi connectivity index (χ2n) is 7.24. The van der Waals surface area contributed by atoms with Gasteiger partial charge in [-0.15, -0.1) is 0 Å². The number of fused-ring (bicyclic) bond motifs is 1. The number of benzene rings is 3. The van der Waals surface area contributed by atoms with Crippen molar-refractivity contribution in [3.05, 3.63) is 95.1 Å². The quantitative estimate of drug-likeness (QED) is 0.712. The fourth-order valence-corrected chi connectivity index (χ4v) is 4.54. The van der Waals surface area contributed by atoms with Gasteiger partial charge in [-0.3, -0.25) is 9.52 Å². The summed E-state index contributed by atoms with van der Waals surface area (Å²) in [6.45, 7) is 3.02. The molecule has 0 saturated carbocycles. The van der Waals surface area contributed by atoms with Crippen LogP contribution in [0.2, 0.25) is 0 Å². The Morgan fingerprint density at radius 3 is 2.38 bits per heavy atom. The van der Waals surface area contributed by atoms with Gasteiger partial charge in [0, 0.05) is 24.3 Å². The van der Waals surface area contributed by atoms with Gasteiger partial charge in [0.1, 0.15) is 0 Å². The van der Waals surface area contributed by atoms with Gasteiger partial charge >= 0.3 is 0 Å². The van der Waals surface area contributed by atoms with E-state index < -0.39 is 10.0 Å². The molecule has 0 aliphatic carbocycles. The standard InChI is InChI=1S/C23H22N2O3S/c1-17-7-11-22(12-8-17)29(27,28)24-21-10-9-18-13-14-25(16-20(18)15-21)23(26)19-5-3-2-4-6-19/h2-12,15,24H,13-14,16H2,1H3. The van der Waals surface area contributed by atoms with Crippen LogP contribution in [0.15, 0.2) is 77.7 Å². The summed E-state index contributed by atoms with van der Waals surface area (Å²) >= 11 is 0. The number of nitrogens with zero attached hydrogens (tertiary/aromatic N) is 1. The summed E-state index contributed by atoms with van der Waals surface area (Å²) in [6, 6.07) is 21.5. The van der Waals surface area contributed by atoms with E-state index in [1.54, 1.807) is 35.2 Å². The Kier molecular flexibility index (Phi) is 5.11. The molecule has 0 aromatic heterocycles. The minimum absolute atomic E-state index is 0.0121. The number of rotatable bonds is 4. The van der Waals surface area contributed by atoms with E-state index in [0.29, 0.717) is 24.3 Å². The van der Waals surface area contributed by atoms with Crippen LogP contribution in [-0.2, 0) is 23.0 Å². The molecule has 0 saturated heterocycles. The zero-order valence-corrected chi connectivity index (χ0v) is 16.9. The van der Waals surface area contributed by atoms with E-state index in [4.69, 9.17) is 0 Å². The number of nitrogens with one attached hydrogen (secondary N) is 1. The Morgan fingerprint density at radius 1 is 0.931 bits per heavy atom. The Hall–Kier alpha value is -3.12. The first kappa shape index (κ1) is 19.2. The number of hydrogen-bond acceptors (Lipinski definition) is 3. The highest BCUT2D eigenvalue weighted by Gasteiger charge is 2.22. The molecule has 0 spiro atoms. The van der Waals surface area contributed by atoms with Crippen LogP contribution in [0.5, 0.6) is 0 Å². The normalized spacial score (nSPS) is 13.6. The Labute approximate surface area is 171 Å². The first-order chi connectivity index (χ1) is 13.9. The molecule has 1 aliphatic rings. The third-order valence-corrected chi connectivity index (χ3v) is 6.51. The molecule has 148 valence electrons. The second-order valence-corrected chi connectivity index (χ2v) is 8.93. The van der Waals surface area contributed by atoms with Crippen molar-refractivity contribution in [1.29, 1.82) is 0 Å². The molecule has 0 fully saturated rings. The molecule has 1 heterocycles. The highest BCUT2D eigenvalue weighted by atomic mass is 32.2. The van der Waals surface area contributed by atoms with Crippen LogP contribution in [0.3, 0.4) is 0 Å². The minimum Gasteiger partial charge on any atom is -0.334 e. The van der Waals surface area contributed by atoms with Crippen LogP contribution in [0.1, 0.15) is 27.0 Å². The summed E-state index contributed by atoms with van der Waals surface area (Å²) in [6.07, 6.45) is 0.749. The SMILES string of the molecule is Cc1ccc(S(=O)(=O)Nc2ccc3c(c2)CN(C(=O)c2ccccc2)CC3)cc1. The maximum atomic E-state index is 12.8. The fraction of sp³-hybridized carbons (Fsp3) is 0.174. The lowest BCUT2D eigenvalue weighted by Gasteiger charge is -2.29. The minimum atomic E-state index is -3.66. The number of amides is 1. The molecule has 1 amide bonds. The van der Waals surface area contributed by atoms with Gasteiger partial charge in [0.05, 0.1) is 4.90 Å². The molecule has 0 unspecified atom stereocenters. The molecule has 6 heteroatoms. The predicted octanol–water partition coefficient (Wildman–Crippen LogP) is 3.99. The van der Waals surface area contributed by atoms with E-state index in [2.05, 4.69) is 4.72 Å². The van der Waals surface area contributed by atoms with Crippen molar-refractivity contribution in [1.82, 2.24) is 4.90 Å². The van der Waals surface area contributed by atoms with Gasteiger partial charge in [0.2, 0.25) is 0 Å². The molecule has 0 bridgehead atoms. The van der Waals surface area contributed by atoms with Crippen LogP contribution in [0, 0.1) is 6.92 Å². The summed E-state index contributed by atoms with van der Waals surface area (Å²) in [5.74, 6) is -0.0121. The Balaban J connectivity index is 1.54. The lowest BCUT2D eigenvalue weighted by Crippen LogP contribution is -2.36. The summed E-state index contributed by atoms with van der Waals surface area (Å²) in [5.41, 5.74) is 4.26. The van der Waals surface area contributed by atoms with Crippen molar-refractivity contribution in [3.63, 3.8) is 0 Å². The van der Waals surface area contributed by atoms with Crippen molar-refractivity contribution in [2.24, 2.45) is 0 Å². The third-order valence-electron chi connectivity index (χ3n) is 5.11. The topological polar surface area (TPSA) is 66.5 Å². The smallest absolute Gasteiger partial charge is 0.261 e.